The van der Waals surface area contributed by atoms with Crippen molar-refractivity contribution in [2.75, 3.05) is 0 Å². The molecule has 0 unspecified atom stereocenters. The summed E-state index contributed by atoms with van der Waals surface area (Å²) in [6, 6.07) is 14.5. The molecule has 0 bridgehead atoms. The third kappa shape index (κ3) is 3.77. The first-order valence-corrected chi connectivity index (χ1v) is 8.11. The van der Waals surface area contributed by atoms with Crippen molar-refractivity contribution in [2.24, 2.45) is 5.73 Å². The monoisotopic (exact) mass is 350 g/mol. The molecule has 2 atom stereocenters. The fourth-order valence-corrected chi connectivity index (χ4v) is 3.21. The van der Waals surface area contributed by atoms with E-state index in [0.29, 0.717) is 16.0 Å². The summed E-state index contributed by atoms with van der Waals surface area (Å²) >= 11 is 15.2. The maximum atomic E-state index is 7.18. The summed E-state index contributed by atoms with van der Waals surface area (Å²) in [7, 11) is 0. The van der Waals surface area contributed by atoms with E-state index in [1.807, 2.05) is 12.1 Å². The number of nitrogens with two attached hydrogens (primary N) is 1. The molecule has 0 spiro atoms. The van der Waals surface area contributed by atoms with Gasteiger partial charge in [-0.2, -0.15) is 5.26 Å². The minimum Gasteiger partial charge on any atom is -0.324 e. The molecule has 2 aromatic rings. The fourth-order valence-electron chi connectivity index (χ4n) is 2.90. The molecular formula is C17H16Cl2N2S. The molecule has 0 amide bonds. The Morgan fingerprint density at radius 3 is 2.32 bits per heavy atom. The Kier molecular flexibility index (Phi) is 6.16. The van der Waals surface area contributed by atoms with Crippen LogP contribution in [0.25, 0.3) is 0 Å². The van der Waals surface area contributed by atoms with Crippen molar-refractivity contribution in [2.45, 2.75) is 24.8 Å². The van der Waals surface area contributed by atoms with E-state index in [9.17, 15) is 0 Å². The lowest BCUT2D eigenvalue weighted by molar-refractivity contribution is 0.530. The molecule has 2 nitrogen and oxygen atoms in total. The summed E-state index contributed by atoms with van der Waals surface area (Å²) in [5, 5.41) is 9.85. The Bertz CT molecular complexity index is 697. The number of fused-ring (bicyclic) bond motifs is 1. The van der Waals surface area contributed by atoms with Crippen LogP contribution in [0.1, 0.15) is 41.5 Å². The summed E-state index contributed by atoms with van der Waals surface area (Å²) in [5.74, 6) is 0.366. The molecule has 2 N–H and O–H groups in total. The van der Waals surface area contributed by atoms with Gasteiger partial charge in [0.1, 0.15) is 5.40 Å². The average Bonchev–Trinajstić information content (AvgIpc) is 2.52. The van der Waals surface area contributed by atoms with Gasteiger partial charge in [0.25, 0.3) is 0 Å². The van der Waals surface area contributed by atoms with Gasteiger partial charge in [-0.3, -0.25) is 0 Å². The highest BCUT2D eigenvalue weighted by atomic mass is 35.5. The van der Waals surface area contributed by atoms with Gasteiger partial charge in [-0.05, 0) is 41.7 Å². The smallest absolute Gasteiger partial charge is 0.130 e. The van der Waals surface area contributed by atoms with Crippen LogP contribution >= 0.6 is 35.8 Å². The molecule has 0 aromatic heterocycles. The van der Waals surface area contributed by atoms with E-state index in [4.69, 9.17) is 34.2 Å². The van der Waals surface area contributed by atoms with E-state index < -0.39 is 0 Å². The summed E-state index contributed by atoms with van der Waals surface area (Å²) in [5.41, 5.74) is 9.98. The summed E-state index contributed by atoms with van der Waals surface area (Å²) in [4.78, 5) is 0. The SMILES string of the molecule is N#CS.N[C@H]1CC[C@@H](c2ccc(Cl)c(Cl)c2)c2ccccc21. The second kappa shape index (κ2) is 7.89. The van der Waals surface area contributed by atoms with Crippen LogP contribution in [0.3, 0.4) is 0 Å². The molecule has 0 radical (unpaired) electrons. The van der Waals surface area contributed by atoms with Gasteiger partial charge in [0.2, 0.25) is 0 Å². The molecule has 114 valence electrons. The second-order valence-electron chi connectivity index (χ2n) is 5.14. The Morgan fingerprint density at radius 2 is 1.68 bits per heavy atom. The van der Waals surface area contributed by atoms with Crippen LogP contribution in [0.5, 0.6) is 0 Å². The van der Waals surface area contributed by atoms with E-state index in [2.05, 4.69) is 43.0 Å². The predicted molar refractivity (Wildman–Crippen MR) is 95.5 cm³/mol. The van der Waals surface area contributed by atoms with Crippen molar-refractivity contribution in [3.05, 3.63) is 69.2 Å². The second-order valence-corrected chi connectivity index (χ2v) is 6.15. The Hall–Kier alpha value is -1.18. The summed E-state index contributed by atoms with van der Waals surface area (Å²) < 4.78 is 0. The summed E-state index contributed by atoms with van der Waals surface area (Å²) in [6.45, 7) is 0. The normalized spacial score (nSPS) is 19.4. The van der Waals surface area contributed by atoms with Gasteiger partial charge in [0, 0.05) is 12.0 Å². The first-order valence-electron chi connectivity index (χ1n) is 6.91. The predicted octanol–water partition coefficient (Wildman–Crippen LogP) is 5.32. The molecule has 0 heterocycles. The number of thiocyanates is 1. The highest BCUT2D eigenvalue weighted by Gasteiger charge is 2.26. The lowest BCUT2D eigenvalue weighted by Gasteiger charge is -2.30. The van der Waals surface area contributed by atoms with Crippen LogP contribution in [0.15, 0.2) is 42.5 Å². The quantitative estimate of drug-likeness (QED) is 0.540. The number of rotatable bonds is 1. The van der Waals surface area contributed by atoms with Crippen LogP contribution in [-0.2, 0) is 0 Å². The van der Waals surface area contributed by atoms with Crippen LogP contribution in [-0.4, -0.2) is 0 Å². The Morgan fingerprint density at radius 1 is 1.05 bits per heavy atom. The van der Waals surface area contributed by atoms with E-state index >= 15 is 0 Å². The van der Waals surface area contributed by atoms with E-state index in [1.54, 1.807) is 0 Å². The number of benzene rings is 2. The van der Waals surface area contributed by atoms with Crippen LogP contribution in [0.4, 0.5) is 0 Å². The van der Waals surface area contributed by atoms with Crippen molar-refractivity contribution in [1.29, 1.82) is 5.26 Å². The molecule has 0 saturated heterocycles. The minimum atomic E-state index is 0.148. The van der Waals surface area contributed by atoms with E-state index in [0.717, 1.165) is 12.8 Å². The first-order chi connectivity index (χ1) is 10.6. The van der Waals surface area contributed by atoms with Gasteiger partial charge in [-0.15, -0.1) is 0 Å². The maximum absolute atomic E-state index is 7.18. The minimum absolute atomic E-state index is 0.148. The molecule has 3 rings (SSSR count). The molecule has 2 aromatic carbocycles. The maximum Gasteiger partial charge on any atom is 0.130 e. The highest BCUT2D eigenvalue weighted by Crippen LogP contribution is 2.41. The van der Waals surface area contributed by atoms with Gasteiger partial charge >= 0.3 is 0 Å². The lowest BCUT2D eigenvalue weighted by Crippen LogP contribution is -2.20. The number of nitrogens with zero attached hydrogens (tertiary/aromatic N) is 1. The third-order valence-electron chi connectivity index (χ3n) is 3.88. The molecule has 0 fully saturated rings. The van der Waals surface area contributed by atoms with Crippen molar-refractivity contribution in [3.63, 3.8) is 0 Å². The van der Waals surface area contributed by atoms with Crippen LogP contribution < -0.4 is 5.73 Å². The van der Waals surface area contributed by atoms with Crippen LogP contribution in [0, 0.1) is 10.7 Å². The largest absolute Gasteiger partial charge is 0.324 e. The standard InChI is InChI=1S/C16H15Cl2N.CHNS/c17-14-7-5-10(9-15(14)18)11-6-8-16(19)13-4-2-1-3-12(11)13;2-1-3/h1-5,7,9,11,16H,6,8,19H2;3H/t11-,16-;/m0./s1. The van der Waals surface area contributed by atoms with E-state index in [1.165, 1.54) is 22.1 Å². The van der Waals surface area contributed by atoms with Crippen molar-refractivity contribution < 1.29 is 0 Å². The molecule has 1 aliphatic rings. The molecule has 0 aliphatic heterocycles. The average molecular weight is 351 g/mol. The molecular weight excluding hydrogens is 335 g/mol. The van der Waals surface area contributed by atoms with Crippen molar-refractivity contribution in [3.8, 4) is 5.40 Å². The Labute approximate surface area is 146 Å². The molecule has 5 heteroatoms. The number of hydrogen-bond donors (Lipinski definition) is 2. The molecule has 0 saturated carbocycles. The zero-order chi connectivity index (χ0) is 16.1. The number of nitriles is 1. The Balaban J connectivity index is 0.000000545. The number of hydrogen-bond acceptors (Lipinski definition) is 3. The van der Waals surface area contributed by atoms with Crippen molar-refractivity contribution >= 4 is 35.8 Å². The number of thiol groups is 1. The topological polar surface area (TPSA) is 49.8 Å². The first kappa shape index (κ1) is 17.2. The molecule has 22 heavy (non-hydrogen) atoms. The third-order valence-corrected chi connectivity index (χ3v) is 4.62. The lowest BCUT2D eigenvalue weighted by atomic mass is 9.77. The highest BCUT2D eigenvalue weighted by molar-refractivity contribution is 7.85. The zero-order valence-corrected chi connectivity index (χ0v) is 14.2. The fraction of sp³-hybridized carbons (Fsp3) is 0.235. The van der Waals surface area contributed by atoms with Crippen LogP contribution in [0.2, 0.25) is 10.0 Å². The van der Waals surface area contributed by atoms with Gasteiger partial charge in [0.15, 0.2) is 0 Å². The molecule has 1 aliphatic carbocycles. The van der Waals surface area contributed by atoms with Gasteiger partial charge in [0.05, 0.1) is 10.0 Å². The zero-order valence-electron chi connectivity index (χ0n) is 11.8. The van der Waals surface area contributed by atoms with Gasteiger partial charge in [-0.25, -0.2) is 0 Å². The van der Waals surface area contributed by atoms with E-state index in [-0.39, 0.29) is 6.04 Å². The summed E-state index contributed by atoms with van der Waals surface area (Å²) in [6.07, 6.45) is 2.05. The van der Waals surface area contributed by atoms with Crippen molar-refractivity contribution in [1.82, 2.24) is 0 Å². The van der Waals surface area contributed by atoms with Gasteiger partial charge < -0.3 is 5.73 Å². The number of halogens is 2. The van der Waals surface area contributed by atoms with Gasteiger partial charge in [-0.1, -0.05) is 66.2 Å².